The highest BCUT2D eigenvalue weighted by molar-refractivity contribution is 5.36. The second kappa shape index (κ2) is 3.10. The molecule has 1 aliphatic heterocycles. The van der Waals surface area contributed by atoms with Gasteiger partial charge in [0.05, 0.1) is 5.56 Å². The third-order valence-corrected chi connectivity index (χ3v) is 2.21. The average molecular weight is 179 g/mol. The molecule has 0 bridgehead atoms. The van der Waals surface area contributed by atoms with Gasteiger partial charge in [-0.3, -0.25) is 0 Å². The summed E-state index contributed by atoms with van der Waals surface area (Å²) in [5, 5.41) is 13.7. The molecule has 5 heteroatoms. The molecule has 0 saturated carbocycles. The minimum Gasteiger partial charge on any atom is -0.358 e. The summed E-state index contributed by atoms with van der Waals surface area (Å²) in [6.45, 7) is 1.62. The van der Waals surface area contributed by atoms with Crippen molar-refractivity contribution in [2.45, 2.75) is 5.92 Å². The van der Waals surface area contributed by atoms with Crippen molar-refractivity contribution < 1.29 is 4.92 Å². The molecule has 0 atom stereocenters. The van der Waals surface area contributed by atoms with Crippen molar-refractivity contribution in [1.82, 2.24) is 10.3 Å². The lowest BCUT2D eigenvalue weighted by Crippen LogP contribution is -2.40. The van der Waals surface area contributed by atoms with Crippen LogP contribution in [-0.2, 0) is 0 Å². The summed E-state index contributed by atoms with van der Waals surface area (Å²) >= 11 is 0. The van der Waals surface area contributed by atoms with E-state index in [1.165, 1.54) is 6.20 Å². The van der Waals surface area contributed by atoms with Crippen LogP contribution in [0, 0.1) is 10.1 Å². The Morgan fingerprint density at radius 2 is 2.38 bits per heavy atom. The lowest BCUT2D eigenvalue weighted by Gasteiger charge is -2.26. The van der Waals surface area contributed by atoms with Crippen molar-refractivity contribution in [2.24, 2.45) is 0 Å². The van der Waals surface area contributed by atoms with Crippen molar-refractivity contribution >= 4 is 5.82 Å². The summed E-state index contributed by atoms with van der Waals surface area (Å²) in [5.41, 5.74) is 0.742. The van der Waals surface area contributed by atoms with E-state index in [2.05, 4.69) is 10.3 Å². The molecule has 0 aromatic carbocycles. The van der Waals surface area contributed by atoms with Crippen LogP contribution in [-0.4, -0.2) is 23.0 Å². The van der Waals surface area contributed by atoms with Gasteiger partial charge >= 0.3 is 5.82 Å². The molecule has 0 aliphatic carbocycles. The van der Waals surface area contributed by atoms with Gasteiger partial charge in [0.1, 0.15) is 6.20 Å². The maximum Gasteiger partial charge on any atom is 0.366 e. The number of nitro groups is 1. The van der Waals surface area contributed by atoms with E-state index >= 15 is 0 Å². The SMILES string of the molecule is O=[N+]([O-])c1ncccc1C1CNC1. The first-order valence-corrected chi connectivity index (χ1v) is 4.09. The molecular weight excluding hydrogens is 170 g/mol. The summed E-state index contributed by atoms with van der Waals surface area (Å²) in [4.78, 5) is 13.9. The van der Waals surface area contributed by atoms with Crippen LogP contribution in [0.1, 0.15) is 11.5 Å². The van der Waals surface area contributed by atoms with E-state index in [4.69, 9.17) is 0 Å². The molecule has 1 N–H and O–H groups in total. The lowest BCUT2D eigenvalue weighted by molar-refractivity contribution is -0.390. The van der Waals surface area contributed by atoms with Crippen LogP contribution in [0.5, 0.6) is 0 Å². The predicted molar refractivity (Wildman–Crippen MR) is 46.5 cm³/mol. The Kier molecular flexibility index (Phi) is 1.94. The van der Waals surface area contributed by atoms with Crippen molar-refractivity contribution in [3.05, 3.63) is 34.0 Å². The number of hydrogen-bond acceptors (Lipinski definition) is 4. The molecule has 2 heterocycles. The minimum atomic E-state index is -0.423. The van der Waals surface area contributed by atoms with Gasteiger partial charge in [-0.15, -0.1) is 0 Å². The molecule has 0 unspecified atom stereocenters. The van der Waals surface area contributed by atoms with Crippen molar-refractivity contribution in [3.8, 4) is 0 Å². The molecule has 0 radical (unpaired) electrons. The Morgan fingerprint density at radius 1 is 1.62 bits per heavy atom. The van der Waals surface area contributed by atoms with Gasteiger partial charge in [0, 0.05) is 19.0 Å². The van der Waals surface area contributed by atoms with Gasteiger partial charge in [0.15, 0.2) is 0 Å². The Bertz CT molecular complexity index is 336. The molecule has 0 amide bonds. The van der Waals surface area contributed by atoms with Gasteiger partial charge in [-0.05, 0) is 22.0 Å². The molecule has 5 nitrogen and oxygen atoms in total. The maximum absolute atomic E-state index is 10.6. The van der Waals surface area contributed by atoms with Gasteiger partial charge in [-0.25, -0.2) is 0 Å². The fraction of sp³-hybridized carbons (Fsp3) is 0.375. The van der Waals surface area contributed by atoms with Crippen LogP contribution in [0.25, 0.3) is 0 Å². The Hall–Kier alpha value is -1.49. The van der Waals surface area contributed by atoms with E-state index in [-0.39, 0.29) is 11.7 Å². The van der Waals surface area contributed by atoms with Crippen LogP contribution in [0.15, 0.2) is 18.3 Å². The topological polar surface area (TPSA) is 68.1 Å². The van der Waals surface area contributed by atoms with E-state index in [1.807, 2.05) is 0 Å². The number of pyridine rings is 1. The van der Waals surface area contributed by atoms with Gasteiger partial charge in [0.25, 0.3) is 0 Å². The minimum absolute atomic E-state index is 0.00556. The van der Waals surface area contributed by atoms with E-state index in [1.54, 1.807) is 12.1 Å². The van der Waals surface area contributed by atoms with Crippen LogP contribution < -0.4 is 5.32 Å². The highest BCUT2D eigenvalue weighted by Crippen LogP contribution is 2.26. The van der Waals surface area contributed by atoms with Gasteiger partial charge in [0.2, 0.25) is 0 Å². The fourth-order valence-corrected chi connectivity index (χ4v) is 1.39. The van der Waals surface area contributed by atoms with Crippen LogP contribution >= 0.6 is 0 Å². The summed E-state index contributed by atoms with van der Waals surface area (Å²) in [6, 6.07) is 3.51. The first-order valence-electron chi connectivity index (χ1n) is 4.09. The van der Waals surface area contributed by atoms with E-state index in [0.717, 1.165) is 18.7 Å². The normalized spacial score (nSPS) is 16.6. The molecule has 1 fully saturated rings. The molecular formula is C8H9N3O2. The average Bonchev–Trinajstić information content (AvgIpc) is 2.02. The summed E-state index contributed by atoms with van der Waals surface area (Å²) < 4.78 is 0. The molecule has 0 spiro atoms. The highest BCUT2D eigenvalue weighted by Gasteiger charge is 2.26. The zero-order valence-corrected chi connectivity index (χ0v) is 6.93. The fourth-order valence-electron chi connectivity index (χ4n) is 1.39. The highest BCUT2D eigenvalue weighted by atomic mass is 16.6. The van der Waals surface area contributed by atoms with E-state index in [9.17, 15) is 10.1 Å². The predicted octanol–water partition coefficient (Wildman–Crippen LogP) is 0.677. The standard InChI is InChI=1S/C8H9N3O2/c12-11(13)8-7(2-1-3-10-8)6-4-9-5-6/h1-3,6,9H,4-5H2. The second-order valence-corrected chi connectivity index (χ2v) is 3.03. The van der Waals surface area contributed by atoms with Gasteiger partial charge in [-0.2, -0.15) is 0 Å². The van der Waals surface area contributed by atoms with Gasteiger partial charge < -0.3 is 15.4 Å². The van der Waals surface area contributed by atoms with E-state index < -0.39 is 4.92 Å². The molecule has 1 aromatic rings. The number of aromatic nitrogens is 1. The van der Waals surface area contributed by atoms with E-state index in [0.29, 0.717) is 0 Å². The third kappa shape index (κ3) is 1.38. The van der Waals surface area contributed by atoms with Crippen molar-refractivity contribution in [3.63, 3.8) is 0 Å². The number of nitrogens with one attached hydrogen (secondary N) is 1. The Balaban J connectivity index is 2.36. The maximum atomic E-state index is 10.6. The molecule has 1 aliphatic rings. The van der Waals surface area contributed by atoms with Crippen molar-refractivity contribution in [2.75, 3.05) is 13.1 Å². The Morgan fingerprint density at radius 3 is 2.92 bits per heavy atom. The number of rotatable bonds is 2. The molecule has 13 heavy (non-hydrogen) atoms. The van der Waals surface area contributed by atoms with Crippen LogP contribution in [0.2, 0.25) is 0 Å². The zero-order valence-electron chi connectivity index (χ0n) is 6.93. The third-order valence-electron chi connectivity index (χ3n) is 2.21. The zero-order chi connectivity index (χ0) is 9.26. The largest absolute Gasteiger partial charge is 0.366 e. The molecule has 2 rings (SSSR count). The van der Waals surface area contributed by atoms with Crippen molar-refractivity contribution in [1.29, 1.82) is 0 Å². The first kappa shape index (κ1) is 8.12. The monoisotopic (exact) mass is 179 g/mol. The van der Waals surface area contributed by atoms with Crippen LogP contribution in [0.3, 0.4) is 0 Å². The quantitative estimate of drug-likeness (QED) is 0.535. The smallest absolute Gasteiger partial charge is 0.358 e. The number of nitrogens with zero attached hydrogens (tertiary/aromatic N) is 2. The summed E-state index contributed by atoms with van der Waals surface area (Å²) in [6.07, 6.45) is 1.45. The number of hydrogen-bond donors (Lipinski definition) is 1. The Labute approximate surface area is 74.9 Å². The second-order valence-electron chi connectivity index (χ2n) is 3.03. The van der Waals surface area contributed by atoms with Crippen LogP contribution in [0.4, 0.5) is 5.82 Å². The molecule has 1 aromatic heterocycles. The van der Waals surface area contributed by atoms with Gasteiger partial charge in [-0.1, -0.05) is 0 Å². The summed E-state index contributed by atoms with van der Waals surface area (Å²) in [5.74, 6) is 0.253. The first-order chi connectivity index (χ1) is 6.29. The molecule has 1 saturated heterocycles. The summed E-state index contributed by atoms with van der Waals surface area (Å²) in [7, 11) is 0. The molecule has 68 valence electrons. The lowest BCUT2D eigenvalue weighted by atomic mass is 9.94.